The molecule has 3 aromatic rings. The van der Waals surface area contributed by atoms with Crippen molar-refractivity contribution in [2.24, 2.45) is 0 Å². The fraction of sp³-hybridized carbons (Fsp3) is 0.240. The Balaban J connectivity index is 1.61. The van der Waals surface area contributed by atoms with E-state index in [1.54, 1.807) is 36.4 Å². The molecule has 0 radical (unpaired) electrons. The van der Waals surface area contributed by atoms with Crippen LogP contribution in [0.3, 0.4) is 0 Å². The Bertz CT molecular complexity index is 1280. The maximum Gasteiger partial charge on any atom is 0.341 e. The average Bonchev–Trinajstić information content (AvgIpc) is 2.82. The molecule has 0 unspecified atom stereocenters. The number of halogens is 2. The van der Waals surface area contributed by atoms with E-state index in [2.05, 4.69) is 5.32 Å². The number of benzene rings is 3. The summed E-state index contributed by atoms with van der Waals surface area (Å²) in [6.45, 7) is 1.54. The third kappa shape index (κ3) is 7.25. The van der Waals surface area contributed by atoms with E-state index in [0.29, 0.717) is 23.6 Å². The molecule has 35 heavy (non-hydrogen) atoms. The molecule has 10 heteroatoms. The van der Waals surface area contributed by atoms with Gasteiger partial charge in [-0.1, -0.05) is 35.9 Å². The molecule has 0 saturated carbocycles. The molecule has 0 fully saturated rings. The van der Waals surface area contributed by atoms with Crippen molar-refractivity contribution < 1.29 is 32.6 Å². The van der Waals surface area contributed by atoms with E-state index >= 15 is 0 Å². The molecule has 2 atom stereocenters. The van der Waals surface area contributed by atoms with Crippen LogP contribution >= 0.6 is 11.6 Å². The number of carboxylic acid groups (broad SMARTS) is 1. The fourth-order valence-corrected chi connectivity index (χ4v) is 4.89. The van der Waals surface area contributed by atoms with Crippen LogP contribution in [0.1, 0.15) is 24.2 Å². The van der Waals surface area contributed by atoms with Crippen LogP contribution in [0.5, 0.6) is 5.75 Å². The molecular formula is C25H25ClFNO6S. The zero-order valence-corrected chi connectivity index (χ0v) is 20.4. The van der Waals surface area contributed by atoms with Crippen molar-refractivity contribution in [2.75, 3.05) is 13.2 Å². The first-order valence-electron chi connectivity index (χ1n) is 10.7. The highest BCUT2D eigenvalue weighted by atomic mass is 35.5. The molecule has 7 nitrogen and oxygen atoms in total. The molecule has 0 aliphatic rings. The number of nitrogens with one attached hydrogen (secondary N) is 1. The minimum absolute atomic E-state index is 0.00117. The third-order valence-electron chi connectivity index (χ3n) is 5.23. The summed E-state index contributed by atoms with van der Waals surface area (Å²) < 4.78 is 44.8. The first-order valence-corrected chi connectivity index (χ1v) is 12.6. The third-order valence-corrected chi connectivity index (χ3v) is 7.24. The van der Waals surface area contributed by atoms with E-state index in [1.165, 1.54) is 18.2 Å². The number of aliphatic hydroxyl groups excluding tert-OH is 1. The summed E-state index contributed by atoms with van der Waals surface area (Å²) in [4.78, 5) is 10.3. The molecule has 0 aromatic heterocycles. The topological polar surface area (TPSA) is 113 Å². The van der Waals surface area contributed by atoms with E-state index < -0.39 is 34.3 Å². The summed E-state index contributed by atoms with van der Waals surface area (Å²) in [6.07, 6.45) is -0.127. The number of carbonyl (C=O) groups is 1. The van der Waals surface area contributed by atoms with Crippen molar-refractivity contribution >= 4 is 27.4 Å². The molecule has 0 aliphatic heterocycles. The zero-order chi connectivity index (χ0) is 25.6. The van der Waals surface area contributed by atoms with Crippen LogP contribution < -0.4 is 10.1 Å². The smallest absolute Gasteiger partial charge is 0.341 e. The Morgan fingerprint density at radius 1 is 1.09 bits per heavy atom. The predicted molar refractivity (Wildman–Crippen MR) is 129 cm³/mol. The molecular weight excluding hydrogens is 497 g/mol. The number of aliphatic carboxylic acids is 1. The van der Waals surface area contributed by atoms with Crippen molar-refractivity contribution in [2.45, 2.75) is 35.3 Å². The summed E-state index contributed by atoms with van der Waals surface area (Å²) in [7, 11) is -3.98. The van der Waals surface area contributed by atoms with Crippen LogP contribution in [-0.4, -0.2) is 43.8 Å². The maximum atomic E-state index is 14.2. The number of aliphatic hydroxyl groups is 1. The van der Waals surface area contributed by atoms with Crippen LogP contribution in [0.15, 0.2) is 76.5 Å². The van der Waals surface area contributed by atoms with Gasteiger partial charge >= 0.3 is 5.97 Å². The molecule has 0 heterocycles. The van der Waals surface area contributed by atoms with E-state index in [1.807, 2.05) is 6.92 Å². The minimum atomic E-state index is -3.98. The number of sulfone groups is 1. The number of hydrogen-bond donors (Lipinski definition) is 3. The first kappa shape index (κ1) is 26.6. The molecule has 0 amide bonds. The Morgan fingerprint density at radius 3 is 2.40 bits per heavy atom. The fourth-order valence-electron chi connectivity index (χ4n) is 3.42. The van der Waals surface area contributed by atoms with Gasteiger partial charge in [0.15, 0.2) is 18.2 Å². The van der Waals surface area contributed by atoms with Crippen molar-refractivity contribution in [3.8, 4) is 5.75 Å². The monoisotopic (exact) mass is 521 g/mol. The lowest BCUT2D eigenvalue weighted by atomic mass is 10.1. The summed E-state index contributed by atoms with van der Waals surface area (Å²) in [5, 5.41) is 22.8. The van der Waals surface area contributed by atoms with E-state index in [-0.39, 0.29) is 21.6 Å². The number of carboxylic acids is 1. The second kappa shape index (κ2) is 11.6. The van der Waals surface area contributed by atoms with Crippen LogP contribution in [0, 0.1) is 5.82 Å². The molecule has 0 bridgehead atoms. The van der Waals surface area contributed by atoms with Gasteiger partial charge in [0.2, 0.25) is 9.84 Å². The van der Waals surface area contributed by atoms with Crippen molar-refractivity contribution in [1.82, 2.24) is 5.32 Å². The van der Waals surface area contributed by atoms with E-state index in [9.17, 15) is 22.7 Å². The molecule has 0 spiro atoms. The minimum Gasteiger partial charge on any atom is -0.479 e. The standard InChI is InChI=1S/C25H25ClFNO6S/c1-16(28-14-23(29)18-3-2-4-19(26)12-18)11-17-5-7-20(8-6-17)35(32,33)21-9-10-24(22(27)13-21)34-15-25(30)31/h2-10,12-13,16,23,28-29H,11,14-15H2,1H3,(H,30,31)/t16-,23-/m1/s1. The Hall–Kier alpha value is -2.98. The molecule has 3 aromatic carbocycles. The van der Waals surface area contributed by atoms with Gasteiger partial charge in [-0.25, -0.2) is 17.6 Å². The van der Waals surface area contributed by atoms with Crippen molar-refractivity contribution in [3.05, 3.63) is 88.7 Å². The summed E-state index contributed by atoms with van der Waals surface area (Å²) in [5.41, 5.74) is 1.59. The van der Waals surface area contributed by atoms with Gasteiger partial charge in [-0.05, 0) is 66.9 Å². The van der Waals surface area contributed by atoms with Gasteiger partial charge in [-0.15, -0.1) is 0 Å². The SMILES string of the molecule is C[C@H](Cc1ccc(S(=O)(=O)c2ccc(OCC(=O)O)c(F)c2)cc1)NC[C@@H](O)c1cccc(Cl)c1. The summed E-state index contributed by atoms with van der Waals surface area (Å²) in [5.74, 6) is -2.59. The summed E-state index contributed by atoms with van der Waals surface area (Å²) >= 11 is 5.96. The predicted octanol–water partition coefficient (Wildman–Crippen LogP) is 4.03. The average molecular weight is 522 g/mol. The second-order valence-electron chi connectivity index (χ2n) is 8.01. The molecule has 0 saturated heterocycles. The molecule has 0 aliphatic carbocycles. The summed E-state index contributed by atoms with van der Waals surface area (Å²) in [6, 6.07) is 16.3. The van der Waals surface area contributed by atoms with Crippen LogP contribution in [-0.2, 0) is 21.1 Å². The van der Waals surface area contributed by atoms with Gasteiger partial charge in [0.1, 0.15) is 0 Å². The highest BCUT2D eigenvalue weighted by Crippen LogP contribution is 2.26. The lowest BCUT2D eigenvalue weighted by molar-refractivity contribution is -0.139. The number of ether oxygens (including phenoxy) is 1. The maximum absolute atomic E-state index is 14.2. The van der Waals surface area contributed by atoms with Gasteiger partial charge in [-0.3, -0.25) is 0 Å². The van der Waals surface area contributed by atoms with E-state index in [0.717, 1.165) is 17.7 Å². The Kier molecular flexibility index (Phi) is 8.85. The second-order valence-corrected chi connectivity index (χ2v) is 10.4. The lowest BCUT2D eigenvalue weighted by Gasteiger charge is -2.18. The van der Waals surface area contributed by atoms with Gasteiger partial charge in [0, 0.05) is 17.6 Å². The van der Waals surface area contributed by atoms with E-state index in [4.69, 9.17) is 21.4 Å². The van der Waals surface area contributed by atoms with Crippen molar-refractivity contribution in [3.63, 3.8) is 0 Å². The van der Waals surface area contributed by atoms with Crippen LogP contribution in [0.2, 0.25) is 5.02 Å². The van der Waals surface area contributed by atoms with Crippen LogP contribution in [0.25, 0.3) is 0 Å². The highest BCUT2D eigenvalue weighted by molar-refractivity contribution is 7.91. The first-order chi connectivity index (χ1) is 16.6. The zero-order valence-electron chi connectivity index (χ0n) is 18.8. The largest absolute Gasteiger partial charge is 0.479 e. The highest BCUT2D eigenvalue weighted by Gasteiger charge is 2.20. The number of rotatable bonds is 11. The van der Waals surface area contributed by atoms with Gasteiger partial charge in [-0.2, -0.15) is 0 Å². The molecule has 186 valence electrons. The molecule has 3 rings (SSSR count). The Labute approximate surface area is 208 Å². The van der Waals surface area contributed by atoms with Gasteiger partial charge < -0.3 is 20.3 Å². The quantitative estimate of drug-likeness (QED) is 0.349. The van der Waals surface area contributed by atoms with Gasteiger partial charge in [0.05, 0.1) is 15.9 Å². The van der Waals surface area contributed by atoms with Crippen molar-refractivity contribution in [1.29, 1.82) is 0 Å². The Morgan fingerprint density at radius 2 is 1.77 bits per heavy atom. The van der Waals surface area contributed by atoms with Gasteiger partial charge in [0.25, 0.3) is 0 Å². The number of hydrogen-bond acceptors (Lipinski definition) is 6. The lowest BCUT2D eigenvalue weighted by Crippen LogP contribution is -2.32. The normalized spacial score (nSPS) is 13.3. The van der Waals surface area contributed by atoms with Crippen LogP contribution in [0.4, 0.5) is 4.39 Å². The molecule has 3 N–H and O–H groups in total.